The molecule has 202 valence electrons. The molecule has 39 heavy (non-hydrogen) atoms. The van der Waals surface area contributed by atoms with Crippen LogP contribution in [-0.4, -0.2) is 35.1 Å². The Balaban J connectivity index is 1.50. The molecule has 0 unspecified atom stereocenters. The molecule has 0 atom stereocenters. The summed E-state index contributed by atoms with van der Waals surface area (Å²) in [6.07, 6.45) is 1.62. The number of hydrogen-bond acceptors (Lipinski definition) is 6. The van der Waals surface area contributed by atoms with Crippen molar-refractivity contribution in [2.75, 3.05) is 18.5 Å². The van der Waals surface area contributed by atoms with Gasteiger partial charge in [-0.15, -0.1) is 0 Å². The molecule has 0 saturated carbocycles. The molecule has 1 aliphatic heterocycles. The van der Waals surface area contributed by atoms with Crippen molar-refractivity contribution in [3.05, 3.63) is 90.3 Å². The number of ether oxygens (including phenoxy) is 2. The Morgan fingerprint density at radius 3 is 2.49 bits per heavy atom. The van der Waals surface area contributed by atoms with Crippen LogP contribution in [0.5, 0.6) is 11.5 Å². The first-order valence-electron chi connectivity index (χ1n) is 12.1. The van der Waals surface area contributed by atoms with Gasteiger partial charge in [0.05, 0.1) is 15.1 Å². The maximum Gasteiger partial charge on any atom is 0.294 e. The van der Waals surface area contributed by atoms with E-state index in [1.54, 1.807) is 18.2 Å². The quantitative estimate of drug-likeness (QED) is 0.191. The molecule has 3 aromatic rings. The van der Waals surface area contributed by atoms with Crippen LogP contribution in [0.25, 0.3) is 6.08 Å². The summed E-state index contributed by atoms with van der Waals surface area (Å²) in [6.45, 7) is 6.03. The summed E-state index contributed by atoms with van der Waals surface area (Å²) in [5, 5.41) is 2.88. The first-order chi connectivity index (χ1) is 18.6. The Morgan fingerprint density at radius 2 is 1.79 bits per heavy atom. The summed E-state index contributed by atoms with van der Waals surface area (Å²) < 4.78 is 12.6. The smallest absolute Gasteiger partial charge is 0.294 e. The van der Waals surface area contributed by atoms with E-state index in [4.69, 9.17) is 21.1 Å². The molecule has 1 saturated heterocycles. The van der Waals surface area contributed by atoms with Crippen molar-refractivity contribution in [1.82, 2.24) is 4.90 Å². The minimum atomic E-state index is -0.521. The van der Waals surface area contributed by atoms with E-state index in [9.17, 15) is 14.4 Å². The van der Waals surface area contributed by atoms with Crippen LogP contribution in [0, 0.1) is 17.4 Å². The second-order valence-electron chi connectivity index (χ2n) is 8.84. The number of amides is 3. The number of nitrogens with zero attached hydrogens (tertiary/aromatic N) is 1. The number of rotatable bonds is 9. The van der Waals surface area contributed by atoms with Crippen LogP contribution in [0.15, 0.2) is 59.5 Å². The van der Waals surface area contributed by atoms with E-state index >= 15 is 0 Å². The van der Waals surface area contributed by atoms with Gasteiger partial charge in [0.1, 0.15) is 13.2 Å². The fourth-order valence-electron chi connectivity index (χ4n) is 4.02. The molecule has 4 rings (SSSR count). The van der Waals surface area contributed by atoms with Gasteiger partial charge in [0, 0.05) is 16.3 Å². The average Bonchev–Trinajstić information content (AvgIpc) is 3.11. The Labute approximate surface area is 250 Å². The number of aryl methyl sites for hydroxylation is 2. The second-order valence-corrected chi connectivity index (χ2v) is 11.4. The zero-order valence-corrected chi connectivity index (χ0v) is 25.3. The third-order valence-corrected chi connectivity index (χ3v) is 7.72. The molecule has 0 bridgehead atoms. The zero-order valence-electron chi connectivity index (χ0n) is 21.5. The van der Waals surface area contributed by atoms with E-state index in [-0.39, 0.29) is 18.1 Å². The molecule has 3 aromatic carbocycles. The topological polar surface area (TPSA) is 84.9 Å². The van der Waals surface area contributed by atoms with Crippen LogP contribution >= 0.6 is 46.0 Å². The summed E-state index contributed by atoms with van der Waals surface area (Å²) >= 11 is 9.20. The van der Waals surface area contributed by atoms with E-state index in [1.165, 1.54) is 0 Å². The maximum absolute atomic E-state index is 13.0. The lowest BCUT2D eigenvalue weighted by Gasteiger charge is -2.15. The van der Waals surface area contributed by atoms with Crippen molar-refractivity contribution in [3.8, 4) is 11.5 Å². The molecule has 7 nitrogen and oxygen atoms in total. The highest BCUT2D eigenvalue weighted by atomic mass is 127. The van der Waals surface area contributed by atoms with E-state index in [2.05, 4.69) is 27.9 Å². The van der Waals surface area contributed by atoms with Gasteiger partial charge in [-0.25, -0.2) is 0 Å². The van der Waals surface area contributed by atoms with Crippen molar-refractivity contribution in [1.29, 1.82) is 0 Å². The number of hydrogen-bond donors (Lipinski definition) is 1. The summed E-state index contributed by atoms with van der Waals surface area (Å²) in [5.74, 6) is 0.102. The Bertz CT molecular complexity index is 1460. The highest BCUT2D eigenvalue weighted by Gasteiger charge is 2.36. The summed E-state index contributed by atoms with van der Waals surface area (Å²) in [7, 11) is 0. The molecule has 1 N–H and O–H groups in total. The number of halogens is 2. The fraction of sp³-hybridized carbons (Fsp3) is 0.207. The van der Waals surface area contributed by atoms with Gasteiger partial charge in [-0.2, -0.15) is 0 Å². The third-order valence-electron chi connectivity index (χ3n) is 5.64. The molecule has 0 radical (unpaired) electrons. The number of carbonyl (C=O) groups excluding carboxylic acids is 3. The lowest BCUT2D eigenvalue weighted by Crippen LogP contribution is -2.36. The predicted octanol–water partition coefficient (Wildman–Crippen LogP) is 7.21. The Kier molecular flexibility index (Phi) is 9.58. The monoisotopic (exact) mass is 676 g/mol. The van der Waals surface area contributed by atoms with Gasteiger partial charge < -0.3 is 14.8 Å². The summed E-state index contributed by atoms with van der Waals surface area (Å²) in [6, 6.07) is 16.7. The zero-order chi connectivity index (χ0) is 28.1. The van der Waals surface area contributed by atoms with E-state index < -0.39 is 17.1 Å². The van der Waals surface area contributed by atoms with Crippen LogP contribution < -0.4 is 14.8 Å². The van der Waals surface area contributed by atoms with Crippen molar-refractivity contribution < 1.29 is 23.9 Å². The van der Waals surface area contributed by atoms with E-state index in [0.717, 1.165) is 36.9 Å². The standard InChI is InChI=1S/C29H26ClIN2O5S/c1-4-37-24-13-19(12-23(31)27(24)38-16-20-7-5-6-8-22(20)30)14-25-28(35)33(29(36)39-25)15-26(34)32-21-10-17(2)9-18(3)11-21/h5-14H,4,15-16H2,1-3H3,(H,32,34)/b25-14+. The number of benzene rings is 3. The third kappa shape index (κ3) is 7.34. The predicted molar refractivity (Wildman–Crippen MR) is 163 cm³/mol. The SMILES string of the molecule is CCOc1cc(/C=C2/SC(=O)N(CC(=O)Nc3cc(C)cc(C)c3)C2=O)cc(I)c1OCc1ccccc1Cl. The van der Waals surface area contributed by atoms with Crippen molar-refractivity contribution >= 4 is 74.8 Å². The van der Waals surface area contributed by atoms with Crippen molar-refractivity contribution in [2.45, 2.75) is 27.4 Å². The molecular formula is C29H26ClIN2O5S. The minimum absolute atomic E-state index is 0.224. The van der Waals surface area contributed by atoms with E-state index in [0.29, 0.717) is 34.4 Å². The first-order valence-corrected chi connectivity index (χ1v) is 14.4. The Hall–Kier alpha value is -3.02. The number of carbonyl (C=O) groups is 3. The van der Waals surface area contributed by atoms with Gasteiger partial charge in [0.15, 0.2) is 11.5 Å². The lowest BCUT2D eigenvalue weighted by molar-refractivity contribution is -0.127. The lowest BCUT2D eigenvalue weighted by atomic mass is 10.1. The van der Waals surface area contributed by atoms with E-state index in [1.807, 2.05) is 63.2 Å². The van der Waals surface area contributed by atoms with Crippen molar-refractivity contribution in [3.63, 3.8) is 0 Å². The molecule has 3 amide bonds. The normalized spacial score (nSPS) is 14.2. The van der Waals surface area contributed by atoms with Crippen LogP contribution in [0.2, 0.25) is 5.02 Å². The maximum atomic E-state index is 13.0. The van der Waals surface area contributed by atoms with Gasteiger partial charge >= 0.3 is 0 Å². The van der Waals surface area contributed by atoms with Crippen LogP contribution in [0.1, 0.15) is 29.2 Å². The van der Waals surface area contributed by atoms with Crippen molar-refractivity contribution in [2.24, 2.45) is 0 Å². The van der Waals surface area contributed by atoms with Gasteiger partial charge in [-0.05, 0) is 108 Å². The summed E-state index contributed by atoms with van der Waals surface area (Å²) in [5.41, 5.74) is 4.13. The van der Waals surface area contributed by atoms with Crippen LogP contribution in [0.4, 0.5) is 10.5 Å². The largest absolute Gasteiger partial charge is 0.490 e. The number of nitrogens with one attached hydrogen (secondary N) is 1. The fourth-order valence-corrected chi connectivity index (χ4v) is 5.83. The highest BCUT2D eigenvalue weighted by Crippen LogP contribution is 2.38. The molecular weight excluding hydrogens is 651 g/mol. The average molecular weight is 677 g/mol. The molecule has 1 aliphatic rings. The number of anilines is 1. The van der Waals surface area contributed by atoms with Gasteiger partial charge in [-0.3, -0.25) is 19.3 Å². The molecule has 0 aliphatic carbocycles. The molecule has 0 spiro atoms. The molecule has 1 heterocycles. The molecule has 1 fully saturated rings. The first kappa shape index (κ1) is 29.0. The number of thioether (sulfide) groups is 1. The Morgan fingerprint density at radius 1 is 1.08 bits per heavy atom. The van der Waals surface area contributed by atoms with Gasteiger partial charge in [-0.1, -0.05) is 35.9 Å². The number of imide groups is 1. The molecule has 10 heteroatoms. The van der Waals surface area contributed by atoms with Crippen LogP contribution in [0.3, 0.4) is 0 Å². The summed E-state index contributed by atoms with van der Waals surface area (Å²) in [4.78, 5) is 39.4. The second kappa shape index (κ2) is 12.9. The van der Waals surface area contributed by atoms with Gasteiger partial charge in [0.25, 0.3) is 11.1 Å². The van der Waals surface area contributed by atoms with Crippen LogP contribution in [-0.2, 0) is 16.2 Å². The highest BCUT2D eigenvalue weighted by molar-refractivity contribution is 14.1. The molecule has 0 aromatic heterocycles. The minimum Gasteiger partial charge on any atom is -0.490 e. The van der Waals surface area contributed by atoms with Gasteiger partial charge in [0.2, 0.25) is 5.91 Å².